The highest BCUT2D eigenvalue weighted by molar-refractivity contribution is 7.80. The van der Waals surface area contributed by atoms with Gasteiger partial charge in [-0.15, -0.1) is 0 Å². The molecule has 0 fully saturated rings. The molecule has 0 saturated carbocycles. The summed E-state index contributed by atoms with van der Waals surface area (Å²) in [5.74, 6) is 0.933. The first-order valence-electron chi connectivity index (χ1n) is 5.55. The van der Waals surface area contributed by atoms with E-state index < -0.39 is 0 Å². The van der Waals surface area contributed by atoms with Crippen molar-refractivity contribution in [2.75, 3.05) is 0 Å². The lowest BCUT2D eigenvalue weighted by Gasteiger charge is -2.18. The second-order valence-corrected chi connectivity index (χ2v) is 4.61. The Hall–Kier alpha value is -1.09. The lowest BCUT2D eigenvalue weighted by molar-refractivity contribution is 0.204. The molecule has 1 rings (SSSR count). The highest BCUT2D eigenvalue weighted by Gasteiger charge is 2.11. The predicted octanol–water partition coefficient (Wildman–Crippen LogP) is 3.14. The average molecular weight is 237 g/mol. The van der Waals surface area contributed by atoms with Crippen molar-refractivity contribution in [2.24, 2.45) is 5.73 Å². The SMILES string of the molecule is CCC(CC(N)=S)Oc1cc(C)ccc1C. The van der Waals surface area contributed by atoms with Gasteiger partial charge in [0.2, 0.25) is 0 Å². The lowest BCUT2D eigenvalue weighted by atomic mass is 10.1. The Labute approximate surface area is 103 Å². The van der Waals surface area contributed by atoms with Crippen LogP contribution >= 0.6 is 12.2 Å². The Morgan fingerprint density at radius 1 is 1.44 bits per heavy atom. The van der Waals surface area contributed by atoms with Crippen molar-refractivity contribution in [3.05, 3.63) is 29.3 Å². The zero-order valence-electron chi connectivity index (χ0n) is 10.1. The van der Waals surface area contributed by atoms with E-state index in [1.54, 1.807) is 0 Å². The summed E-state index contributed by atoms with van der Waals surface area (Å²) in [5, 5.41) is 0. The molecule has 1 aromatic carbocycles. The molecule has 0 aliphatic heterocycles. The molecule has 0 radical (unpaired) electrons. The van der Waals surface area contributed by atoms with Crippen LogP contribution in [0.25, 0.3) is 0 Å². The van der Waals surface area contributed by atoms with Crippen LogP contribution in [0.4, 0.5) is 0 Å². The van der Waals surface area contributed by atoms with Gasteiger partial charge in [0.25, 0.3) is 0 Å². The molecular formula is C13H19NOS. The maximum absolute atomic E-state index is 5.92. The topological polar surface area (TPSA) is 35.2 Å². The minimum atomic E-state index is 0.0815. The Kier molecular flexibility index (Phi) is 4.74. The van der Waals surface area contributed by atoms with E-state index in [1.807, 2.05) is 6.92 Å². The van der Waals surface area contributed by atoms with Gasteiger partial charge < -0.3 is 10.5 Å². The van der Waals surface area contributed by atoms with Crippen LogP contribution in [0.2, 0.25) is 0 Å². The molecule has 2 N–H and O–H groups in total. The molecular weight excluding hydrogens is 218 g/mol. The van der Waals surface area contributed by atoms with E-state index >= 15 is 0 Å². The summed E-state index contributed by atoms with van der Waals surface area (Å²) < 4.78 is 5.92. The van der Waals surface area contributed by atoms with Crippen molar-refractivity contribution in [1.29, 1.82) is 0 Å². The minimum absolute atomic E-state index is 0.0815. The standard InChI is InChI=1S/C13H19NOS/c1-4-11(8-13(14)16)15-12-7-9(2)5-6-10(12)3/h5-7,11H,4,8H2,1-3H3,(H2,14,16). The smallest absolute Gasteiger partial charge is 0.122 e. The summed E-state index contributed by atoms with van der Waals surface area (Å²) >= 11 is 4.91. The fourth-order valence-electron chi connectivity index (χ4n) is 1.51. The number of hydrogen-bond acceptors (Lipinski definition) is 2. The van der Waals surface area contributed by atoms with E-state index in [4.69, 9.17) is 22.7 Å². The largest absolute Gasteiger partial charge is 0.490 e. The molecule has 0 amide bonds. The quantitative estimate of drug-likeness (QED) is 0.799. The van der Waals surface area contributed by atoms with Crippen LogP contribution in [0.15, 0.2) is 18.2 Å². The molecule has 0 bridgehead atoms. The average Bonchev–Trinajstić information content (AvgIpc) is 2.21. The van der Waals surface area contributed by atoms with E-state index in [1.165, 1.54) is 5.56 Å². The van der Waals surface area contributed by atoms with E-state index in [0.717, 1.165) is 17.7 Å². The van der Waals surface area contributed by atoms with E-state index in [9.17, 15) is 0 Å². The van der Waals surface area contributed by atoms with Crippen LogP contribution in [-0.2, 0) is 0 Å². The first-order chi connectivity index (χ1) is 7.52. The fraction of sp³-hybridized carbons (Fsp3) is 0.462. The summed E-state index contributed by atoms with van der Waals surface area (Å²) in [7, 11) is 0. The summed E-state index contributed by atoms with van der Waals surface area (Å²) in [4.78, 5) is 0.511. The Morgan fingerprint density at radius 3 is 2.69 bits per heavy atom. The summed E-state index contributed by atoms with van der Waals surface area (Å²) in [6.45, 7) is 6.18. The molecule has 0 heterocycles. The lowest BCUT2D eigenvalue weighted by Crippen LogP contribution is -2.23. The van der Waals surface area contributed by atoms with Crippen molar-refractivity contribution < 1.29 is 4.74 Å². The van der Waals surface area contributed by atoms with Gasteiger partial charge in [0, 0.05) is 6.42 Å². The van der Waals surface area contributed by atoms with Crippen molar-refractivity contribution in [3.8, 4) is 5.75 Å². The molecule has 0 aliphatic rings. The van der Waals surface area contributed by atoms with Gasteiger partial charge in [-0.05, 0) is 37.5 Å². The molecule has 0 aromatic heterocycles. The molecule has 88 valence electrons. The van der Waals surface area contributed by atoms with Crippen molar-refractivity contribution in [3.63, 3.8) is 0 Å². The Morgan fingerprint density at radius 2 is 2.12 bits per heavy atom. The molecule has 0 aliphatic carbocycles. The molecule has 1 unspecified atom stereocenters. The molecule has 3 heteroatoms. The Bertz CT molecular complexity index is 376. The number of nitrogens with two attached hydrogens (primary N) is 1. The van der Waals surface area contributed by atoms with Crippen LogP contribution in [0.3, 0.4) is 0 Å². The highest BCUT2D eigenvalue weighted by Crippen LogP contribution is 2.22. The van der Waals surface area contributed by atoms with Crippen LogP contribution in [-0.4, -0.2) is 11.1 Å². The van der Waals surface area contributed by atoms with Gasteiger partial charge in [-0.1, -0.05) is 31.3 Å². The van der Waals surface area contributed by atoms with Gasteiger partial charge in [0.15, 0.2) is 0 Å². The fourth-order valence-corrected chi connectivity index (χ4v) is 1.69. The van der Waals surface area contributed by atoms with Gasteiger partial charge in [-0.3, -0.25) is 0 Å². The summed E-state index contributed by atoms with van der Waals surface area (Å²) in [6.07, 6.45) is 1.63. The van der Waals surface area contributed by atoms with Gasteiger partial charge in [-0.25, -0.2) is 0 Å². The van der Waals surface area contributed by atoms with E-state index in [-0.39, 0.29) is 6.10 Å². The van der Waals surface area contributed by atoms with Gasteiger partial charge in [0.05, 0.1) is 4.99 Å². The zero-order valence-corrected chi connectivity index (χ0v) is 10.9. The number of benzene rings is 1. The molecule has 1 atom stereocenters. The van der Waals surface area contributed by atoms with Crippen LogP contribution in [0.1, 0.15) is 30.9 Å². The van der Waals surface area contributed by atoms with Crippen LogP contribution < -0.4 is 10.5 Å². The van der Waals surface area contributed by atoms with Crippen LogP contribution in [0.5, 0.6) is 5.75 Å². The van der Waals surface area contributed by atoms with Gasteiger partial charge in [0.1, 0.15) is 11.9 Å². The third-order valence-electron chi connectivity index (χ3n) is 2.52. The predicted molar refractivity (Wildman–Crippen MR) is 72.0 cm³/mol. The first kappa shape index (κ1) is 13.0. The number of aryl methyl sites for hydroxylation is 2. The first-order valence-corrected chi connectivity index (χ1v) is 5.96. The Balaban J connectivity index is 2.77. The number of ether oxygens (including phenoxy) is 1. The number of rotatable bonds is 5. The normalized spacial score (nSPS) is 12.2. The van der Waals surface area contributed by atoms with Gasteiger partial charge >= 0.3 is 0 Å². The van der Waals surface area contributed by atoms with Crippen molar-refractivity contribution in [2.45, 2.75) is 39.7 Å². The summed E-state index contributed by atoms with van der Waals surface area (Å²) in [5.41, 5.74) is 7.89. The van der Waals surface area contributed by atoms with Crippen molar-refractivity contribution >= 4 is 17.2 Å². The number of hydrogen-bond donors (Lipinski definition) is 1. The maximum atomic E-state index is 5.92. The van der Waals surface area contributed by atoms with E-state index in [0.29, 0.717) is 11.4 Å². The third kappa shape index (κ3) is 3.81. The molecule has 0 saturated heterocycles. The monoisotopic (exact) mass is 237 g/mol. The summed E-state index contributed by atoms with van der Waals surface area (Å²) in [6, 6.07) is 6.20. The van der Waals surface area contributed by atoms with Gasteiger partial charge in [-0.2, -0.15) is 0 Å². The second kappa shape index (κ2) is 5.85. The highest BCUT2D eigenvalue weighted by atomic mass is 32.1. The van der Waals surface area contributed by atoms with Crippen LogP contribution in [0, 0.1) is 13.8 Å². The van der Waals surface area contributed by atoms with E-state index in [2.05, 4.69) is 32.0 Å². The second-order valence-electron chi connectivity index (χ2n) is 4.09. The maximum Gasteiger partial charge on any atom is 0.122 e. The third-order valence-corrected chi connectivity index (χ3v) is 2.69. The molecule has 0 spiro atoms. The zero-order chi connectivity index (χ0) is 12.1. The molecule has 2 nitrogen and oxygen atoms in total. The minimum Gasteiger partial charge on any atom is -0.490 e. The molecule has 16 heavy (non-hydrogen) atoms. The molecule has 1 aromatic rings. The number of thiocarbonyl (C=S) groups is 1. The van der Waals surface area contributed by atoms with Crippen molar-refractivity contribution in [1.82, 2.24) is 0 Å².